The lowest BCUT2D eigenvalue weighted by molar-refractivity contribution is -0.121. The zero-order valence-corrected chi connectivity index (χ0v) is 14.1. The highest BCUT2D eigenvalue weighted by atomic mass is 35.5. The van der Waals surface area contributed by atoms with Gasteiger partial charge in [0.2, 0.25) is 5.91 Å². The zero-order valence-electron chi connectivity index (χ0n) is 12.4. The third-order valence-corrected chi connectivity index (χ3v) is 3.50. The third-order valence-electron chi connectivity index (χ3n) is 2.63. The molecule has 6 nitrogen and oxygen atoms in total. The number of hydrogen-bond acceptors (Lipinski definition) is 5. The first kappa shape index (κ1) is 19.8. The first-order chi connectivity index (χ1) is 9.62. The molecule has 0 spiro atoms. The van der Waals surface area contributed by atoms with Crippen molar-refractivity contribution in [3.05, 3.63) is 16.1 Å². The average molecular weight is 335 g/mol. The summed E-state index contributed by atoms with van der Waals surface area (Å²) in [6, 6.07) is 0. The summed E-state index contributed by atoms with van der Waals surface area (Å²) >= 11 is 1.36. The zero-order chi connectivity index (χ0) is 15.0. The number of hydrogen-bond donors (Lipinski definition) is 2. The maximum Gasteiger partial charge on any atom is 0.273 e. The number of nitrogens with one attached hydrogen (secondary N) is 1. The number of halogens is 1. The van der Waals surface area contributed by atoms with E-state index in [1.54, 1.807) is 5.38 Å². The molecule has 0 aliphatic carbocycles. The first-order valence-electron chi connectivity index (χ1n) is 6.82. The van der Waals surface area contributed by atoms with E-state index in [0.717, 1.165) is 17.8 Å². The highest BCUT2D eigenvalue weighted by molar-refractivity contribution is 7.09. The van der Waals surface area contributed by atoms with E-state index in [1.165, 1.54) is 16.2 Å². The van der Waals surface area contributed by atoms with Crippen molar-refractivity contribution in [2.45, 2.75) is 33.2 Å². The molecule has 0 fully saturated rings. The molecule has 3 N–H and O–H groups in total. The van der Waals surface area contributed by atoms with E-state index in [2.05, 4.69) is 10.3 Å². The Morgan fingerprint density at radius 1 is 1.38 bits per heavy atom. The fourth-order valence-corrected chi connectivity index (χ4v) is 2.33. The molecular weight excluding hydrogens is 312 g/mol. The molecule has 0 unspecified atom stereocenters. The van der Waals surface area contributed by atoms with Crippen LogP contribution in [0.1, 0.15) is 42.2 Å². The van der Waals surface area contributed by atoms with Crippen LogP contribution in [-0.4, -0.2) is 41.3 Å². The molecular formula is C13H23ClN4O2S. The fourth-order valence-electron chi connectivity index (χ4n) is 1.68. The first-order valence-corrected chi connectivity index (χ1v) is 7.70. The van der Waals surface area contributed by atoms with E-state index in [-0.39, 0.29) is 30.8 Å². The summed E-state index contributed by atoms with van der Waals surface area (Å²) in [5, 5.41) is 5.19. The summed E-state index contributed by atoms with van der Waals surface area (Å²) in [6.07, 6.45) is 1.67. The van der Waals surface area contributed by atoms with Gasteiger partial charge in [0.05, 0.1) is 6.54 Å². The molecule has 0 aliphatic heterocycles. The summed E-state index contributed by atoms with van der Waals surface area (Å²) in [6.45, 7) is 5.51. The summed E-state index contributed by atoms with van der Waals surface area (Å²) < 4.78 is 0. The molecule has 0 radical (unpaired) electrons. The van der Waals surface area contributed by atoms with E-state index in [9.17, 15) is 9.59 Å². The lowest BCUT2D eigenvalue weighted by atomic mass is 10.3. The molecule has 1 aromatic rings. The molecule has 120 valence electrons. The van der Waals surface area contributed by atoms with Gasteiger partial charge in [-0.05, 0) is 12.8 Å². The topological polar surface area (TPSA) is 88.3 Å². The standard InChI is InChI=1S/C13H22N4O2S.ClH/c1-3-5-15-11(18)8-17(6-4-2)13(19)10-9-20-12(7-14)16-10;/h9H,3-8,14H2,1-2H3,(H,15,18);1H. The number of carbonyl (C=O) groups excluding carboxylic acids is 2. The Hall–Kier alpha value is -1.18. The predicted molar refractivity (Wildman–Crippen MR) is 86.7 cm³/mol. The van der Waals surface area contributed by atoms with Crippen molar-refractivity contribution in [1.82, 2.24) is 15.2 Å². The van der Waals surface area contributed by atoms with Crippen molar-refractivity contribution in [2.24, 2.45) is 5.73 Å². The van der Waals surface area contributed by atoms with Crippen LogP contribution < -0.4 is 11.1 Å². The molecule has 0 bridgehead atoms. The Balaban J connectivity index is 0.00000400. The van der Waals surface area contributed by atoms with Gasteiger partial charge in [0, 0.05) is 25.0 Å². The van der Waals surface area contributed by atoms with Crippen molar-refractivity contribution in [1.29, 1.82) is 0 Å². The van der Waals surface area contributed by atoms with Gasteiger partial charge in [-0.25, -0.2) is 4.98 Å². The van der Waals surface area contributed by atoms with Gasteiger partial charge in [-0.2, -0.15) is 0 Å². The maximum atomic E-state index is 12.3. The highest BCUT2D eigenvalue weighted by Gasteiger charge is 2.20. The second-order valence-electron chi connectivity index (χ2n) is 4.41. The third kappa shape index (κ3) is 6.41. The van der Waals surface area contributed by atoms with Gasteiger partial charge in [0.1, 0.15) is 10.7 Å². The molecule has 1 aromatic heterocycles. The van der Waals surface area contributed by atoms with Gasteiger partial charge in [-0.3, -0.25) is 9.59 Å². The number of nitrogens with zero attached hydrogens (tertiary/aromatic N) is 2. The average Bonchev–Trinajstić information content (AvgIpc) is 2.92. The second-order valence-corrected chi connectivity index (χ2v) is 5.35. The van der Waals surface area contributed by atoms with Crippen LogP contribution in [0.5, 0.6) is 0 Å². The lowest BCUT2D eigenvalue weighted by Crippen LogP contribution is -2.41. The second kappa shape index (κ2) is 10.5. The molecule has 0 aromatic carbocycles. The number of aromatic nitrogens is 1. The van der Waals surface area contributed by atoms with Crippen LogP contribution in [0.3, 0.4) is 0 Å². The largest absolute Gasteiger partial charge is 0.355 e. The minimum Gasteiger partial charge on any atom is -0.355 e. The molecule has 1 rings (SSSR count). The van der Waals surface area contributed by atoms with Gasteiger partial charge in [0.25, 0.3) is 5.91 Å². The van der Waals surface area contributed by atoms with E-state index in [4.69, 9.17) is 5.73 Å². The van der Waals surface area contributed by atoms with Crippen LogP contribution in [0.4, 0.5) is 0 Å². The minimum atomic E-state index is -0.213. The van der Waals surface area contributed by atoms with Crippen molar-refractivity contribution in [3.8, 4) is 0 Å². The predicted octanol–water partition coefficient (Wildman–Crippen LogP) is 1.40. The van der Waals surface area contributed by atoms with Gasteiger partial charge in [-0.15, -0.1) is 23.7 Å². The highest BCUT2D eigenvalue weighted by Crippen LogP contribution is 2.11. The summed E-state index contributed by atoms with van der Waals surface area (Å²) in [5.74, 6) is -0.350. The Bertz CT molecular complexity index is 453. The monoisotopic (exact) mass is 334 g/mol. The number of nitrogens with two attached hydrogens (primary N) is 1. The number of rotatable bonds is 8. The maximum absolute atomic E-state index is 12.3. The van der Waals surface area contributed by atoms with Crippen LogP contribution in [0.15, 0.2) is 5.38 Å². The number of amides is 2. The summed E-state index contributed by atoms with van der Waals surface area (Å²) in [7, 11) is 0. The molecule has 1 heterocycles. The number of carbonyl (C=O) groups is 2. The molecule has 0 saturated heterocycles. The quantitative estimate of drug-likeness (QED) is 0.752. The van der Waals surface area contributed by atoms with Crippen LogP contribution in [-0.2, 0) is 11.3 Å². The molecule has 0 aliphatic rings. The van der Waals surface area contributed by atoms with Crippen LogP contribution in [0.25, 0.3) is 0 Å². The summed E-state index contributed by atoms with van der Waals surface area (Å²) in [5.41, 5.74) is 5.86. The molecule has 0 saturated carbocycles. The number of thiazole rings is 1. The van der Waals surface area contributed by atoms with E-state index >= 15 is 0 Å². The minimum absolute atomic E-state index is 0. The van der Waals surface area contributed by atoms with E-state index in [0.29, 0.717) is 25.3 Å². The normalized spacial score (nSPS) is 9.86. The Morgan fingerprint density at radius 3 is 2.62 bits per heavy atom. The van der Waals surface area contributed by atoms with Gasteiger partial charge >= 0.3 is 0 Å². The molecule has 8 heteroatoms. The van der Waals surface area contributed by atoms with Gasteiger partial charge in [-0.1, -0.05) is 13.8 Å². The lowest BCUT2D eigenvalue weighted by Gasteiger charge is -2.20. The fraction of sp³-hybridized carbons (Fsp3) is 0.615. The van der Waals surface area contributed by atoms with Crippen LogP contribution >= 0.6 is 23.7 Å². The van der Waals surface area contributed by atoms with Crippen molar-refractivity contribution in [2.75, 3.05) is 19.6 Å². The molecule has 2 amide bonds. The van der Waals surface area contributed by atoms with Crippen LogP contribution in [0.2, 0.25) is 0 Å². The SMILES string of the molecule is CCCNC(=O)CN(CCC)C(=O)c1csc(CN)n1.Cl. The summed E-state index contributed by atoms with van der Waals surface area (Å²) in [4.78, 5) is 29.8. The van der Waals surface area contributed by atoms with Crippen LogP contribution in [0, 0.1) is 0 Å². The Labute approximate surface area is 135 Å². The smallest absolute Gasteiger partial charge is 0.273 e. The van der Waals surface area contributed by atoms with Gasteiger partial charge in [0.15, 0.2) is 0 Å². The van der Waals surface area contributed by atoms with Crippen molar-refractivity contribution in [3.63, 3.8) is 0 Å². The van der Waals surface area contributed by atoms with E-state index < -0.39 is 0 Å². The van der Waals surface area contributed by atoms with E-state index in [1.807, 2.05) is 13.8 Å². The Morgan fingerprint density at radius 2 is 2.10 bits per heavy atom. The molecule has 21 heavy (non-hydrogen) atoms. The van der Waals surface area contributed by atoms with Crippen molar-refractivity contribution >= 4 is 35.6 Å². The van der Waals surface area contributed by atoms with Crippen molar-refractivity contribution < 1.29 is 9.59 Å². The Kier molecular flexibility index (Phi) is 9.94. The molecule has 0 atom stereocenters. The van der Waals surface area contributed by atoms with Gasteiger partial charge < -0.3 is 16.0 Å².